The zero-order valence-corrected chi connectivity index (χ0v) is 12.2. The van der Waals surface area contributed by atoms with Gasteiger partial charge in [-0.1, -0.05) is 6.07 Å². The third-order valence-electron chi connectivity index (χ3n) is 3.18. The van der Waals surface area contributed by atoms with Gasteiger partial charge in [-0.05, 0) is 24.6 Å². The minimum absolute atomic E-state index is 0.187. The number of aryl methyl sites for hydroxylation is 1. The first-order valence-corrected chi connectivity index (χ1v) is 6.37. The second-order valence-electron chi connectivity index (χ2n) is 4.97. The Morgan fingerprint density at radius 2 is 2.10 bits per heavy atom. The molecule has 0 aliphatic heterocycles. The van der Waals surface area contributed by atoms with Crippen LogP contribution in [0.4, 0.5) is 5.69 Å². The number of methoxy groups -OCH3 is 1. The molecule has 5 heteroatoms. The van der Waals surface area contributed by atoms with Crippen molar-refractivity contribution in [1.29, 1.82) is 0 Å². The summed E-state index contributed by atoms with van der Waals surface area (Å²) >= 11 is 0. The molecular weight excluding hydrogens is 254 g/mol. The van der Waals surface area contributed by atoms with E-state index in [-0.39, 0.29) is 12.3 Å². The van der Waals surface area contributed by atoms with E-state index in [1.165, 1.54) is 0 Å². The van der Waals surface area contributed by atoms with Crippen LogP contribution in [-0.2, 0) is 11.2 Å². The van der Waals surface area contributed by atoms with Crippen LogP contribution in [-0.4, -0.2) is 32.1 Å². The lowest BCUT2D eigenvalue weighted by atomic mass is 10.0. The number of aromatic nitrogens is 1. The standard InChI is InChI=1S/C15H19N3O2/c1-9-7-11(18(2)3)14-10(8-13(16)19)5-6-12(20-4)15(14)17-9/h5-7H,8H2,1-4H3,(H2,16,19). The normalized spacial score (nSPS) is 10.6. The second kappa shape index (κ2) is 5.36. The fourth-order valence-corrected chi connectivity index (χ4v) is 2.34. The van der Waals surface area contributed by atoms with Gasteiger partial charge < -0.3 is 15.4 Å². The molecule has 0 atom stereocenters. The van der Waals surface area contributed by atoms with Crippen LogP contribution in [0, 0.1) is 6.92 Å². The molecule has 106 valence electrons. The van der Waals surface area contributed by atoms with Crippen molar-refractivity contribution in [2.45, 2.75) is 13.3 Å². The largest absolute Gasteiger partial charge is 0.494 e. The Kier molecular flexibility index (Phi) is 3.79. The van der Waals surface area contributed by atoms with E-state index in [1.807, 2.05) is 44.1 Å². The predicted octanol–water partition coefficient (Wildman–Crippen LogP) is 1.65. The average Bonchev–Trinajstić information content (AvgIpc) is 2.37. The van der Waals surface area contributed by atoms with Gasteiger partial charge in [-0.3, -0.25) is 4.79 Å². The van der Waals surface area contributed by atoms with Gasteiger partial charge in [0.1, 0.15) is 11.3 Å². The molecule has 0 aliphatic carbocycles. The molecule has 1 heterocycles. The molecule has 2 N–H and O–H groups in total. The number of rotatable bonds is 4. The summed E-state index contributed by atoms with van der Waals surface area (Å²) < 4.78 is 5.38. The second-order valence-corrected chi connectivity index (χ2v) is 4.97. The average molecular weight is 273 g/mol. The van der Waals surface area contributed by atoms with Gasteiger partial charge in [0.2, 0.25) is 5.91 Å². The van der Waals surface area contributed by atoms with Crippen molar-refractivity contribution in [3.8, 4) is 5.75 Å². The number of ether oxygens (including phenoxy) is 1. The van der Waals surface area contributed by atoms with Crippen LogP contribution < -0.4 is 15.4 Å². The number of primary amides is 1. The van der Waals surface area contributed by atoms with Crippen molar-refractivity contribution >= 4 is 22.5 Å². The van der Waals surface area contributed by atoms with Crippen LogP contribution in [0.2, 0.25) is 0 Å². The predicted molar refractivity (Wildman–Crippen MR) is 80.3 cm³/mol. The Labute approximate surface area is 118 Å². The summed E-state index contributed by atoms with van der Waals surface area (Å²) in [5.41, 5.74) is 8.86. The lowest BCUT2D eigenvalue weighted by Crippen LogP contribution is -2.16. The molecular formula is C15H19N3O2. The molecule has 1 aromatic heterocycles. The number of hydrogen-bond acceptors (Lipinski definition) is 4. The highest BCUT2D eigenvalue weighted by atomic mass is 16.5. The van der Waals surface area contributed by atoms with E-state index in [9.17, 15) is 4.79 Å². The van der Waals surface area contributed by atoms with Crippen LogP contribution in [0.15, 0.2) is 18.2 Å². The summed E-state index contributed by atoms with van der Waals surface area (Å²) in [4.78, 5) is 17.8. The molecule has 0 bridgehead atoms. The number of hydrogen-bond donors (Lipinski definition) is 1. The molecule has 0 saturated heterocycles. The van der Waals surface area contributed by atoms with Gasteiger partial charge in [-0.25, -0.2) is 4.98 Å². The van der Waals surface area contributed by atoms with Crippen molar-refractivity contribution in [2.24, 2.45) is 5.73 Å². The monoisotopic (exact) mass is 273 g/mol. The molecule has 2 aromatic rings. The summed E-state index contributed by atoms with van der Waals surface area (Å²) in [6.07, 6.45) is 0.187. The minimum Gasteiger partial charge on any atom is -0.494 e. The maximum atomic E-state index is 11.3. The number of nitrogens with zero attached hydrogens (tertiary/aromatic N) is 2. The number of pyridine rings is 1. The fraction of sp³-hybridized carbons (Fsp3) is 0.333. The summed E-state index contributed by atoms with van der Waals surface area (Å²) in [5, 5.41) is 0.916. The maximum absolute atomic E-state index is 11.3. The molecule has 2 rings (SSSR count). The first-order valence-electron chi connectivity index (χ1n) is 6.37. The highest BCUT2D eigenvalue weighted by Gasteiger charge is 2.15. The maximum Gasteiger partial charge on any atom is 0.221 e. The number of amides is 1. The topological polar surface area (TPSA) is 68.5 Å². The van der Waals surface area contributed by atoms with E-state index in [0.717, 1.165) is 27.8 Å². The van der Waals surface area contributed by atoms with Gasteiger partial charge in [-0.15, -0.1) is 0 Å². The van der Waals surface area contributed by atoms with Crippen LogP contribution in [0.5, 0.6) is 5.75 Å². The lowest BCUT2D eigenvalue weighted by Gasteiger charge is -2.19. The van der Waals surface area contributed by atoms with Crippen LogP contribution in [0.3, 0.4) is 0 Å². The molecule has 0 radical (unpaired) electrons. The lowest BCUT2D eigenvalue weighted by molar-refractivity contribution is -0.117. The van der Waals surface area contributed by atoms with Gasteiger partial charge in [0.05, 0.1) is 13.5 Å². The summed E-state index contributed by atoms with van der Waals surface area (Å²) in [7, 11) is 5.53. The Balaban J connectivity index is 2.85. The molecule has 20 heavy (non-hydrogen) atoms. The number of carbonyl (C=O) groups excluding carboxylic acids is 1. The van der Waals surface area contributed by atoms with E-state index < -0.39 is 0 Å². The number of nitrogens with two attached hydrogens (primary N) is 1. The van der Waals surface area contributed by atoms with E-state index >= 15 is 0 Å². The quantitative estimate of drug-likeness (QED) is 0.919. The van der Waals surface area contributed by atoms with E-state index in [2.05, 4.69) is 4.98 Å². The van der Waals surface area contributed by atoms with Gasteiger partial charge >= 0.3 is 0 Å². The third-order valence-corrected chi connectivity index (χ3v) is 3.18. The van der Waals surface area contributed by atoms with Crippen molar-refractivity contribution in [3.63, 3.8) is 0 Å². The zero-order chi connectivity index (χ0) is 14.9. The fourth-order valence-electron chi connectivity index (χ4n) is 2.34. The van der Waals surface area contributed by atoms with Crippen molar-refractivity contribution in [2.75, 3.05) is 26.1 Å². The Bertz CT molecular complexity index is 666. The summed E-state index contributed by atoms with van der Waals surface area (Å²) in [6.45, 7) is 1.94. The van der Waals surface area contributed by atoms with Gasteiger partial charge in [0.15, 0.2) is 0 Å². The van der Waals surface area contributed by atoms with Crippen molar-refractivity contribution in [1.82, 2.24) is 4.98 Å². The Morgan fingerprint density at radius 3 is 2.65 bits per heavy atom. The third kappa shape index (κ3) is 2.52. The molecule has 1 aromatic carbocycles. The van der Waals surface area contributed by atoms with Crippen molar-refractivity contribution in [3.05, 3.63) is 29.5 Å². The molecule has 1 amide bonds. The first-order chi connectivity index (χ1) is 9.43. The van der Waals surface area contributed by atoms with Gasteiger partial charge in [0, 0.05) is 30.9 Å². The van der Waals surface area contributed by atoms with Crippen LogP contribution in [0.25, 0.3) is 10.9 Å². The number of fused-ring (bicyclic) bond motifs is 1. The highest BCUT2D eigenvalue weighted by molar-refractivity contribution is 6.00. The summed E-state index contributed by atoms with van der Waals surface area (Å²) in [6, 6.07) is 5.69. The number of carbonyl (C=O) groups is 1. The minimum atomic E-state index is -0.359. The number of benzene rings is 1. The summed E-state index contributed by atoms with van der Waals surface area (Å²) in [5.74, 6) is 0.335. The molecule has 0 spiro atoms. The van der Waals surface area contributed by atoms with E-state index in [0.29, 0.717) is 5.75 Å². The SMILES string of the molecule is COc1ccc(CC(N)=O)c2c(N(C)C)cc(C)nc12. The smallest absolute Gasteiger partial charge is 0.221 e. The molecule has 0 saturated carbocycles. The number of anilines is 1. The van der Waals surface area contributed by atoms with Crippen LogP contribution in [0.1, 0.15) is 11.3 Å². The molecule has 5 nitrogen and oxygen atoms in total. The van der Waals surface area contributed by atoms with Crippen molar-refractivity contribution < 1.29 is 9.53 Å². The zero-order valence-electron chi connectivity index (χ0n) is 12.2. The highest BCUT2D eigenvalue weighted by Crippen LogP contribution is 2.34. The van der Waals surface area contributed by atoms with E-state index in [4.69, 9.17) is 10.5 Å². The molecule has 0 unspecified atom stereocenters. The Hall–Kier alpha value is -2.30. The van der Waals surface area contributed by atoms with Gasteiger partial charge in [0.25, 0.3) is 0 Å². The first kappa shape index (κ1) is 14.1. The van der Waals surface area contributed by atoms with E-state index in [1.54, 1.807) is 7.11 Å². The Morgan fingerprint density at radius 1 is 1.40 bits per heavy atom. The van der Waals surface area contributed by atoms with Gasteiger partial charge in [-0.2, -0.15) is 0 Å². The molecule has 0 fully saturated rings. The van der Waals surface area contributed by atoms with Crippen LogP contribution >= 0.6 is 0 Å². The molecule has 0 aliphatic rings.